The van der Waals surface area contributed by atoms with Crippen molar-refractivity contribution in [2.45, 2.75) is 58.6 Å². The van der Waals surface area contributed by atoms with Crippen molar-refractivity contribution in [1.29, 1.82) is 0 Å². The van der Waals surface area contributed by atoms with Crippen molar-refractivity contribution >= 4 is 11.9 Å². The predicted octanol–water partition coefficient (Wildman–Crippen LogP) is 2.41. The van der Waals surface area contributed by atoms with Crippen molar-refractivity contribution in [3.05, 3.63) is 17.6 Å². The molecular formula is C17H26N4O2. The maximum Gasteiger partial charge on any atom is 0.410 e. The summed E-state index contributed by atoms with van der Waals surface area (Å²) in [5.41, 5.74) is 2.03. The number of rotatable bonds is 1. The molecule has 0 N–H and O–H groups in total. The third-order valence-electron chi connectivity index (χ3n) is 4.40. The number of piperazine rings is 1. The summed E-state index contributed by atoms with van der Waals surface area (Å²) < 4.78 is 5.48. The van der Waals surface area contributed by atoms with Crippen LogP contribution in [-0.2, 0) is 17.6 Å². The number of hydrogen-bond donors (Lipinski definition) is 0. The molecule has 1 aromatic rings. The number of carbonyl (C=O) groups excluding carboxylic acids is 1. The van der Waals surface area contributed by atoms with E-state index in [4.69, 9.17) is 4.74 Å². The highest BCUT2D eigenvalue weighted by atomic mass is 16.6. The van der Waals surface area contributed by atoms with Crippen molar-refractivity contribution < 1.29 is 9.53 Å². The first-order chi connectivity index (χ1) is 10.8. The SMILES string of the molecule is CC1CN(C(=O)OC(C)(C)C)CCN1c1ncnc2c1CCC2. The van der Waals surface area contributed by atoms with Crippen LogP contribution >= 0.6 is 0 Å². The lowest BCUT2D eigenvalue weighted by Gasteiger charge is -2.41. The van der Waals surface area contributed by atoms with E-state index in [1.165, 1.54) is 11.3 Å². The Hall–Kier alpha value is -1.85. The Kier molecular flexibility index (Phi) is 4.17. The lowest BCUT2D eigenvalue weighted by molar-refractivity contribution is 0.0218. The van der Waals surface area contributed by atoms with E-state index in [9.17, 15) is 4.79 Å². The van der Waals surface area contributed by atoms with Gasteiger partial charge in [0, 0.05) is 36.9 Å². The third kappa shape index (κ3) is 3.41. The van der Waals surface area contributed by atoms with Gasteiger partial charge in [0.15, 0.2) is 0 Å². The molecule has 1 aliphatic heterocycles. The molecule has 1 fully saturated rings. The Balaban J connectivity index is 1.70. The summed E-state index contributed by atoms with van der Waals surface area (Å²) in [6.45, 7) is 9.94. The van der Waals surface area contributed by atoms with E-state index in [0.717, 1.165) is 31.6 Å². The van der Waals surface area contributed by atoms with E-state index in [1.54, 1.807) is 11.2 Å². The number of aromatic nitrogens is 2. The Morgan fingerprint density at radius 1 is 1.26 bits per heavy atom. The normalized spacial score (nSPS) is 21.3. The number of fused-ring (bicyclic) bond motifs is 1. The number of carbonyl (C=O) groups is 1. The van der Waals surface area contributed by atoms with Gasteiger partial charge in [-0.05, 0) is 47.0 Å². The molecule has 6 heteroatoms. The second kappa shape index (κ2) is 5.98. The summed E-state index contributed by atoms with van der Waals surface area (Å²) in [7, 11) is 0. The highest BCUT2D eigenvalue weighted by Gasteiger charge is 2.32. The van der Waals surface area contributed by atoms with Gasteiger partial charge in [-0.15, -0.1) is 0 Å². The number of ether oxygens (including phenoxy) is 1. The zero-order valence-corrected chi connectivity index (χ0v) is 14.5. The fraction of sp³-hybridized carbons (Fsp3) is 0.706. The molecule has 0 spiro atoms. The first-order valence-corrected chi connectivity index (χ1v) is 8.42. The maximum atomic E-state index is 12.2. The summed E-state index contributed by atoms with van der Waals surface area (Å²) in [6.07, 6.45) is 4.72. The molecule has 0 bridgehead atoms. The largest absolute Gasteiger partial charge is 0.444 e. The summed E-state index contributed by atoms with van der Waals surface area (Å²) in [4.78, 5) is 25.3. The molecule has 1 aromatic heterocycles. The van der Waals surface area contributed by atoms with E-state index in [2.05, 4.69) is 21.8 Å². The van der Waals surface area contributed by atoms with Crippen LogP contribution in [0.4, 0.5) is 10.6 Å². The minimum atomic E-state index is -0.453. The zero-order valence-electron chi connectivity index (χ0n) is 14.5. The quantitative estimate of drug-likeness (QED) is 0.796. The van der Waals surface area contributed by atoms with Gasteiger partial charge in [0.05, 0.1) is 0 Å². The van der Waals surface area contributed by atoms with Gasteiger partial charge in [-0.2, -0.15) is 0 Å². The molecule has 0 radical (unpaired) electrons. The summed E-state index contributed by atoms with van der Waals surface area (Å²) in [5, 5.41) is 0. The average Bonchev–Trinajstić information content (AvgIpc) is 2.94. The molecule has 1 saturated heterocycles. The van der Waals surface area contributed by atoms with Crippen LogP contribution in [0.1, 0.15) is 45.4 Å². The van der Waals surface area contributed by atoms with Gasteiger partial charge >= 0.3 is 6.09 Å². The standard InChI is InChI=1S/C17H26N4O2/c1-12-10-20(16(22)23-17(2,3)4)8-9-21(12)15-13-6-5-7-14(13)18-11-19-15/h11-12H,5-10H2,1-4H3. The highest BCUT2D eigenvalue weighted by molar-refractivity contribution is 5.69. The molecule has 2 heterocycles. The number of anilines is 1. The number of amides is 1. The van der Waals surface area contributed by atoms with Gasteiger partial charge < -0.3 is 14.5 Å². The van der Waals surface area contributed by atoms with E-state index in [0.29, 0.717) is 13.1 Å². The number of aryl methyl sites for hydroxylation is 1. The molecule has 126 valence electrons. The molecule has 3 rings (SSSR count). The fourth-order valence-corrected chi connectivity index (χ4v) is 3.35. The summed E-state index contributed by atoms with van der Waals surface area (Å²) >= 11 is 0. The predicted molar refractivity (Wildman–Crippen MR) is 88.7 cm³/mol. The first kappa shape index (κ1) is 16.0. The van der Waals surface area contributed by atoms with Crippen LogP contribution < -0.4 is 4.90 Å². The minimum Gasteiger partial charge on any atom is -0.444 e. The molecule has 1 atom stereocenters. The van der Waals surface area contributed by atoms with Gasteiger partial charge in [-0.1, -0.05) is 0 Å². The summed E-state index contributed by atoms with van der Waals surface area (Å²) in [5.74, 6) is 1.06. The lowest BCUT2D eigenvalue weighted by Crippen LogP contribution is -2.55. The molecule has 23 heavy (non-hydrogen) atoms. The van der Waals surface area contributed by atoms with E-state index >= 15 is 0 Å². The second-order valence-corrected chi connectivity index (χ2v) is 7.44. The minimum absolute atomic E-state index is 0.218. The van der Waals surface area contributed by atoms with Crippen LogP contribution in [-0.4, -0.2) is 52.2 Å². The smallest absolute Gasteiger partial charge is 0.410 e. The van der Waals surface area contributed by atoms with Gasteiger partial charge in [0.1, 0.15) is 17.7 Å². The monoisotopic (exact) mass is 318 g/mol. The van der Waals surface area contributed by atoms with Gasteiger partial charge in [-0.25, -0.2) is 14.8 Å². The van der Waals surface area contributed by atoms with Gasteiger partial charge in [0.25, 0.3) is 0 Å². The van der Waals surface area contributed by atoms with Crippen LogP contribution in [0.3, 0.4) is 0 Å². The van der Waals surface area contributed by atoms with Crippen molar-refractivity contribution in [3.8, 4) is 0 Å². The fourth-order valence-electron chi connectivity index (χ4n) is 3.35. The van der Waals surface area contributed by atoms with E-state index < -0.39 is 5.60 Å². The van der Waals surface area contributed by atoms with Crippen LogP contribution in [0.5, 0.6) is 0 Å². The summed E-state index contributed by atoms with van der Waals surface area (Å²) in [6, 6.07) is 0.218. The van der Waals surface area contributed by atoms with Crippen molar-refractivity contribution in [2.24, 2.45) is 0 Å². The first-order valence-electron chi connectivity index (χ1n) is 8.42. The lowest BCUT2D eigenvalue weighted by atomic mass is 10.1. The molecule has 1 amide bonds. The Labute approximate surface area is 137 Å². The van der Waals surface area contributed by atoms with Crippen molar-refractivity contribution in [2.75, 3.05) is 24.5 Å². The number of hydrogen-bond acceptors (Lipinski definition) is 5. The maximum absolute atomic E-state index is 12.2. The molecule has 0 saturated carbocycles. The number of nitrogens with zero attached hydrogens (tertiary/aromatic N) is 4. The second-order valence-electron chi connectivity index (χ2n) is 7.44. The Bertz CT molecular complexity index is 597. The molecule has 6 nitrogen and oxygen atoms in total. The van der Waals surface area contributed by atoms with E-state index in [1.807, 2.05) is 20.8 Å². The van der Waals surface area contributed by atoms with Gasteiger partial charge in [-0.3, -0.25) is 0 Å². The van der Waals surface area contributed by atoms with Crippen molar-refractivity contribution in [3.63, 3.8) is 0 Å². The average molecular weight is 318 g/mol. The Morgan fingerprint density at radius 2 is 2.04 bits per heavy atom. The molecular weight excluding hydrogens is 292 g/mol. The topological polar surface area (TPSA) is 58.6 Å². The van der Waals surface area contributed by atoms with Crippen LogP contribution in [0, 0.1) is 0 Å². The Morgan fingerprint density at radius 3 is 2.74 bits per heavy atom. The van der Waals surface area contributed by atoms with E-state index in [-0.39, 0.29) is 12.1 Å². The zero-order chi connectivity index (χ0) is 16.6. The van der Waals surface area contributed by atoms with Crippen LogP contribution in [0.2, 0.25) is 0 Å². The molecule has 1 unspecified atom stereocenters. The molecule has 1 aliphatic carbocycles. The highest BCUT2D eigenvalue weighted by Crippen LogP contribution is 2.30. The van der Waals surface area contributed by atoms with Crippen molar-refractivity contribution in [1.82, 2.24) is 14.9 Å². The third-order valence-corrected chi connectivity index (χ3v) is 4.40. The van der Waals surface area contributed by atoms with Crippen LogP contribution in [0.25, 0.3) is 0 Å². The van der Waals surface area contributed by atoms with Gasteiger partial charge in [0.2, 0.25) is 0 Å². The molecule has 0 aromatic carbocycles. The molecule has 2 aliphatic rings. The van der Waals surface area contributed by atoms with Crippen LogP contribution in [0.15, 0.2) is 6.33 Å².